The van der Waals surface area contributed by atoms with Crippen LogP contribution in [0, 0.1) is 18.3 Å². The summed E-state index contributed by atoms with van der Waals surface area (Å²) >= 11 is 0. The Kier molecular flexibility index (Phi) is 6.91. The lowest BCUT2D eigenvalue weighted by Gasteiger charge is -2.05. The number of carbonyl (C=O) groups excluding carboxylic acids is 1. The van der Waals surface area contributed by atoms with E-state index in [1.807, 2.05) is 37.3 Å². The number of unbranched alkanes of at least 4 members (excludes halogenated alkanes) is 1. The highest BCUT2D eigenvalue weighted by molar-refractivity contribution is 5.97. The number of nitrogens with zero attached hydrogens (tertiary/aromatic N) is 1. The molecule has 4 heteroatoms. The van der Waals surface area contributed by atoms with Crippen molar-refractivity contribution in [1.82, 2.24) is 10.6 Å². The lowest BCUT2D eigenvalue weighted by molar-refractivity contribution is -0.117. The molecule has 1 aromatic carbocycles. The SMILES string of the molecule is CCCCNC(=O)/C(C#N)=C\NCc1ccc(C)cc1. The number of carbonyl (C=O) groups is 1. The van der Waals surface area contributed by atoms with Crippen molar-refractivity contribution in [2.45, 2.75) is 33.2 Å². The predicted octanol–water partition coefficient (Wildman–Crippen LogP) is 2.41. The molecule has 0 saturated carbocycles. The van der Waals surface area contributed by atoms with E-state index in [0.717, 1.165) is 18.4 Å². The van der Waals surface area contributed by atoms with Gasteiger partial charge in [-0.2, -0.15) is 5.26 Å². The van der Waals surface area contributed by atoms with Gasteiger partial charge in [-0.25, -0.2) is 0 Å². The van der Waals surface area contributed by atoms with Crippen molar-refractivity contribution in [2.75, 3.05) is 6.54 Å². The third kappa shape index (κ3) is 5.57. The van der Waals surface area contributed by atoms with Crippen LogP contribution in [-0.4, -0.2) is 12.5 Å². The maximum atomic E-state index is 11.7. The van der Waals surface area contributed by atoms with Crippen molar-refractivity contribution in [1.29, 1.82) is 5.26 Å². The Labute approximate surface area is 120 Å². The molecule has 0 spiro atoms. The molecule has 0 aliphatic carbocycles. The van der Waals surface area contributed by atoms with Crippen LogP contribution in [0.4, 0.5) is 0 Å². The Morgan fingerprint density at radius 3 is 2.65 bits per heavy atom. The first-order valence-corrected chi connectivity index (χ1v) is 6.84. The number of nitrogens with one attached hydrogen (secondary N) is 2. The van der Waals surface area contributed by atoms with Crippen LogP contribution >= 0.6 is 0 Å². The third-order valence-electron chi connectivity index (χ3n) is 2.85. The summed E-state index contributed by atoms with van der Waals surface area (Å²) in [6.07, 6.45) is 3.40. The Hall–Kier alpha value is -2.28. The summed E-state index contributed by atoms with van der Waals surface area (Å²) in [5, 5.41) is 14.7. The lowest BCUT2D eigenvalue weighted by atomic mass is 10.1. The maximum Gasteiger partial charge on any atom is 0.263 e. The largest absolute Gasteiger partial charge is 0.386 e. The normalized spacial score (nSPS) is 10.8. The summed E-state index contributed by atoms with van der Waals surface area (Å²) < 4.78 is 0. The molecule has 1 rings (SSSR count). The van der Waals surface area contributed by atoms with E-state index in [2.05, 4.69) is 17.6 Å². The van der Waals surface area contributed by atoms with Gasteiger partial charge in [0.15, 0.2) is 0 Å². The van der Waals surface area contributed by atoms with E-state index in [9.17, 15) is 4.79 Å². The predicted molar refractivity (Wildman–Crippen MR) is 79.6 cm³/mol. The molecule has 4 nitrogen and oxygen atoms in total. The summed E-state index contributed by atoms with van der Waals surface area (Å²) in [6.45, 7) is 5.28. The highest BCUT2D eigenvalue weighted by Gasteiger charge is 2.07. The number of hydrogen-bond donors (Lipinski definition) is 2. The van der Waals surface area contributed by atoms with Gasteiger partial charge < -0.3 is 10.6 Å². The minimum atomic E-state index is -0.322. The molecule has 0 fully saturated rings. The van der Waals surface area contributed by atoms with Gasteiger partial charge in [-0.15, -0.1) is 0 Å². The van der Waals surface area contributed by atoms with Crippen LogP contribution in [0.1, 0.15) is 30.9 Å². The van der Waals surface area contributed by atoms with E-state index in [-0.39, 0.29) is 11.5 Å². The molecule has 0 unspecified atom stereocenters. The zero-order chi connectivity index (χ0) is 14.8. The monoisotopic (exact) mass is 271 g/mol. The van der Waals surface area contributed by atoms with Crippen LogP contribution in [0.25, 0.3) is 0 Å². The zero-order valence-corrected chi connectivity index (χ0v) is 12.1. The number of amides is 1. The van der Waals surface area contributed by atoms with Gasteiger partial charge in [0, 0.05) is 19.3 Å². The highest BCUT2D eigenvalue weighted by atomic mass is 16.1. The van der Waals surface area contributed by atoms with Crippen LogP contribution < -0.4 is 10.6 Å². The maximum absolute atomic E-state index is 11.7. The second kappa shape index (κ2) is 8.76. The van der Waals surface area contributed by atoms with E-state index in [4.69, 9.17) is 5.26 Å². The minimum Gasteiger partial charge on any atom is -0.386 e. The Morgan fingerprint density at radius 2 is 2.05 bits per heavy atom. The topological polar surface area (TPSA) is 64.9 Å². The molecule has 0 aliphatic heterocycles. The second-order valence-electron chi connectivity index (χ2n) is 4.65. The van der Waals surface area contributed by atoms with Crippen molar-refractivity contribution >= 4 is 5.91 Å². The molecule has 1 aromatic rings. The standard InChI is InChI=1S/C16H21N3O/c1-3-4-9-19-16(20)15(10-17)12-18-11-14-7-5-13(2)6-8-14/h5-8,12,18H,3-4,9,11H2,1-2H3,(H,19,20)/b15-12-. The van der Waals surface area contributed by atoms with Gasteiger partial charge in [-0.05, 0) is 18.9 Å². The average Bonchev–Trinajstić information content (AvgIpc) is 2.45. The van der Waals surface area contributed by atoms with Crippen molar-refractivity contribution in [3.8, 4) is 6.07 Å². The van der Waals surface area contributed by atoms with Gasteiger partial charge in [0.25, 0.3) is 5.91 Å². The number of benzene rings is 1. The molecule has 0 radical (unpaired) electrons. The fourth-order valence-electron chi connectivity index (χ4n) is 1.60. The highest BCUT2D eigenvalue weighted by Crippen LogP contribution is 2.02. The van der Waals surface area contributed by atoms with Crippen LogP contribution in [0.15, 0.2) is 36.0 Å². The smallest absolute Gasteiger partial charge is 0.263 e. The molecule has 0 bridgehead atoms. The van der Waals surface area contributed by atoms with Crippen molar-refractivity contribution in [2.24, 2.45) is 0 Å². The number of rotatable bonds is 7. The van der Waals surface area contributed by atoms with Gasteiger partial charge in [0.1, 0.15) is 11.6 Å². The van der Waals surface area contributed by atoms with E-state index < -0.39 is 0 Å². The number of aryl methyl sites for hydroxylation is 1. The molecule has 20 heavy (non-hydrogen) atoms. The lowest BCUT2D eigenvalue weighted by Crippen LogP contribution is -2.26. The first-order valence-electron chi connectivity index (χ1n) is 6.84. The number of hydrogen-bond acceptors (Lipinski definition) is 3. The van der Waals surface area contributed by atoms with E-state index in [0.29, 0.717) is 13.1 Å². The van der Waals surface area contributed by atoms with Crippen molar-refractivity contribution in [3.05, 3.63) is 47.2 Å². The van der Waals surface area contributed by atoms with Gasteiger partial charge >= 0.3 is 0 Å². The first kappa shape index (κ1) is 15.8. The summed E-state index contributed by atoms with van der Waals surface area (Å²) in [6, 6.07) is 10.0. The molecule has 106 valence electrons. The molecular formula is C16H21N3O. The zero-order valence-electron chi connectivity index (χ0n) is 12.1. The molecule has 0 heterocycles. The Morgan fingerprint density at radius 1 is 1.35 bits per heavy atom. The van der Waals surface area contributed by atoms with Gasteiger partial charge in [0.05, 0.1) is 0 Å². The number of nitriles is 1. The van der Waals surface area contributed by atoms with E-state index in [1.54, 1.807) is 0 Å². The summed E-state index contributed by atoms with van der Waals surface area (Å²) in [7, 11) is 0. The summed E-state index contributed by atoms with van der Waals surface area (Å²) in [4.78, 5) is 11.7. The molecule has 1 amide bonds. The molecule has 2 N–H and O–H groups in total. The van der Waals surface area contributed by atoms with Gasteiger partial charge in [-0.1, -0.05) is 43.2 Å². The Bertz CT molecular complexity index is 497. The fourth-order valence-corrected chi connectivity index (χ4v) is 1.60. The summed E-state index contributed by atoms with van der Waals surface area (Å²) in [5.74, 6) is -0.322. The molecular weight excluding hydrogens is 250 g/mol. The van der Waals surface area contributed by atoms with E-state index in [1.165, 1.54) is 11.8 Å². The molecule has 0 aromatic heterocycles. The van der Waals surface area contributed by atoms with Crippen LogP contribution in [0.3, 0.4) is 0 Å². The van der Waals surface area contributed by atoms with Crippen molar-refractivity contribution < 1.29 is 4.79 Å². The van der Waals surface area contributed by atoms with Crippen LogP contribution in [-0.2, 0) is 11.3 Å². The summed E-state index contributed by atoms with van der Waals surface area (Å²) in [5.41, 5.74) is 2.42. The first-order chi connectivity index (χ1) is 9.67. The fraction of sp³-hybridized carbons (Fsp3) is 0.375. The van der Waals surface area contributed by atoms with Crippen LogP contribution in [0.5, 0.6) is 0 Å². The van der Waals surface area contributed by atoms with E-state index >= 15 is 0 Å². The minimum absolute atomic E-state index is 0.105. The van der Waals surface area contributed by atoms with Crippen molar-refractivity contribution in [3.63, 3.8) is 0 Å². The quantitative estimate of drug-likeness (QED) is 0.455. The Balaban J connectivity index is 2.47. The molecule has 0 atom stereocenters. The molecule has 0 saturated heterocycles. The molecule has 0 aliphatic rings. The average molecular weight is 271 g/mol. The van der Waals surface area contributed by atoms with Gasteiger partial charge in [-0.3, -0.25) is 4.79 Å². The van der Waals surface area contributed by atoms with Gasteiger partial charge in [0.2, 0.25) is 0 Å². The third-order valence-corrected chi connectivity index (χ3v) is 2.85. The van der Waals surface area contributed by atoms with Crippen LogP contribution in [0.2, 0.25) is 0 Å². The second-order valence-corrected chi connectivity index (χ2v) is 4.65.